The molecule has 8 aromatic carbocycles. The predicted molar refractivity (Wildman–Crippen MR) is 243 cm³/mol. The van der Waals surface area contributed by atoms with Crippen LogP contribution in [0.15, 0.2) is 170 Å². The Bertz CT molecular complexity index is 2310. The van der Waals surface area contributed by atoms with Gasteiger partial charge in [0.25, 0.3) is 0 Å². The third kappa shape index (κ3) is 6.77. The SMILES string of the molecule is [CH3-].[CH3-].[Hf+4].c1ccc(-c2ccc(-c3[cH-]c4ccccc4c3[Si](c3c(-c4ccc(-c5ccccc5)cc4)[cH-]c4ccccc34)(C3CCCC3)C3CCCC3)cc2)cc1. The topological polar surface area (TPSA) is 0 Å². The zero-order chi connectivity index (χ0) is 35.2. The van der Waals surface area contributed by atoms with Crippen molar-refractivity contribution in [2.24, 2.45) is 0 Å². The summed E-state index contributed by atoms with van der Waals surface area (Å²) in [5.41, 5.74) is 12.3. The van der Waals surface area contributed by atoms with E-state index < -0.39 is 8.07 Å². The van der Waals surface area contributed by atoms with Gasteiger partial charge in [0, 0.05) is 8.07 Å². The largest absolute Gasteiger partial charge is 4.00 e. The van der Waals surface area contributed by atoms with Crippen LogP contribution in [0.2, 0.25) is 11.1 Å². The van der Waals surface area contributed by atoms with Gasteiger partial charge >= 0.3 is 25.8 Å². The first-order valence-electron chi connectivity index (χ1n) is 20.0. The second-order valence-electron chi connectivity index (χ2n) is 15.8. The van der Waals surface area contributed by atoms with Gasteiger partial charge in [-0.25, -0.2) is 0 Å². The molecule has 2 heteroatoms. The van der Waals surface area contributed by atoms with Crippen LogP contribution in [0, 0.1) is 14.9 Å². The summed E-state index contributed by atoms with van der Waals surface area (Å²) in [6.07, 6.45) is 10.8. The maximum atomic E-state index is 2.58. The van der Waals surface area contributed by atoms with Gasteiger partial charge in [-0.2, -0.15) is 0 Å². The standard InChI is InChI=1S/C52H46Si.2CH3.Hf/c1-3-15-37(16-4-1)39-27-31-41(32-28-39)49-35-43-19-7-13-25-47(43)51(49)53(45-21-9-10-22-45,46-23-11-12-24-46)52-48-26-14-8-20-44(48)36-50(52)42-33-29-40(30-34-42)38-17-5-2-6-18-38;;;/h1-8,13-20,25-36,45-46H,9-12,21-24H2;2*1H3;/q-2;2*-1;+4. The number of hydrogen-bond donors (Lipinski definition) is 0. The fourth-order valence-electron chi connectivity index (χ4n) is 10.8. The van der Waals surface area contributed by atoms with E-state index in [1.54, 1.807) is 10.4 Å². The smallest absolute Gasteiger partial charge is 0.358 e. The molecule has 2 fully saturated rings. The Hall–Kier alpha value is -4.37. The molecule has 0 amide bonds. The zero-order valence-electron chi connectivity index (χ0n) is 33.0. The molecule has 0 spiro atoms. The van der Waals surface area contributed by atoms with Gasteiger partial charge in [0.1, 0.15) is 0 Å². The third-order valence-electron chi connectivity index (χ3n) is 13.0. The molecular formula is C54H52HfSi. The summed E-state index contributed by atoms with van der Waals surface area (Å²) >= 11 is 0. The minimum absolute atomic E-state index is 0. The summed E-state index contributed by atoms with van der Waals surface area (Å²) in [5, 5.41) is 9.30. The van der Waals surface area contributed by atoms with Crippen molar-refractivity contribution in [3.8, 4) is 44.5 Å². The molecule has 0 N–H and O–H groups in total. The Morgan fingerprint density at radius 3 is 1.04 bits per heavy atom. The molecule has 56 heavy (non-hydrogen) atoms. The van der Waals surface area contributed by atoms with Gasteiger partial charge in [-0.15, -0.1) is 67.3 Å². The summed E-state index contributed by atoms with van der Waals surface area (Å²) in [6.45, 7) is 0. The van der Waals surface area contributed by atoms with Crippen molar-refractivity contribution in [3.05, 3.63) is 185 Å². The molecule has 0 radical (unpaired) electrons. The van der Waals surface area contributed by atoms with Gasteiger partial charge < -0.3 is 14.9 Å². The van der Waals surface area contributed by atoms with Crippen LogP contribution in [0.25, 0.3) is 66.1 Å². The Labute approximate surface area is 355 Å². The predicted octanol–water partition coefficient (Wildman–Crippen LogP) is 14.4. The van der Waals surface area contributed by atoms with Crippen LogP contribution in [-0.4, -0.2) is 8.07 Å². The van der Waals surface area contributed by atoms with E-state index in [2.05, 4.69) is 170 Å². The van der Waals surface area contributed by atoms with Crippen molar-refractivity contribution in [3.63, 3.8) is 0 Å². The Morgan fingerprint density at radius 2 is 0.661 bits per heavy atom. The maximum absolute atomic E-state index is 2.58. The van der Waals surface area contributed by atoms with Crippen LogP contribution in [0.1, 0.15) is 51.4 Å². The molecule has 0 nitrogen and oxygen atoms in total. The molecule has 276 valence electrons. The van der Waals surface area contributed by atoms with E-state index in [0.29, 0.717) is 11.1 Å². The van der Waals surface area contributed by atoms with Crippen molar-refractivity contribution in [2.75, 3.05) is 0 Å². The summed E-state index contributed by atoms with van der Waals surface area (Å²) in [6, 6.07) is 64.8. The van der Waals surface area contributed by atoms with E-state index in [-0.39, 0.29) is 40.7 Å². The molecule has 0 saturated heterocycles. The number of fused-ring (bicyclic) bond motifs is 2. The Balaban J connectivity index is 0.00000160. The maximum Gasteiger partial charge on any atom is 4.00 e. The number of hydrogen-bond acceptors (Lipinski definition) is 0. The first-order valence-corrected chi connectivity index (χ1v) is 22.1. The minimum Gasteiger partial charge on any atom is -0.358 e. The van der Waals surface area contributed by atoms with E-state index in [1.807, 2.05) is 0 Å². The quantitative estimate of drug-likeness (QED) is 0.105. The summed E-state index contributed by atoms with van der Waals surface area (Å²) in [4.78, 5) is 0. The van der Waals surface area contributed by atoms with E-state index >= 15 is 0 Å². The van der Waals surface area contributed by atoms with Crippen molar-refractivity contribution >= 4 is 40.0 Å². The zero-order valence-corrected chi connectivity index (χ0v) is 37.6. The van der Waals surface area contributed by atoms with Crippen molar-refractivity contribution in [2.45, 2.75) is 62.4 Å². The van der Waals surface area contributed by atoms with Crippen molar-refractivity contribution in [1.29, 1.82) is 0 Å². The summed E-state index contributed by atoms with van der Waals surface area (Å²) in [5.74, 6) is 0. The number of rotatable bonds is 8. The van der Waals surface area contributed by atoms with Crippen molar-refractivity contribution < 1.29 is 25.8 Å². The third-order valence-corrected chi connectivity index (χ3v) is 19.5. The average Bonchev–Trinajstić information content (AvgIpc) is 4.08. The molecule has 2 saturated carbocycles. The molecule has 10 rings (SSSR count). The molecule has 2 aliphatic carbocycles. The molecule has 0 unspecified atom stereocenters. The van der Waals surface area contributed by atoms with Crippen LogP contribution < -0.4 is 10.4 Å². The molecule has 0 aliphatic heterocycles. The molecule has 8 aromatic rings. The molecule has 0 heterocycles. The van der Waals surface area contributed by atoms with Crippen LogP contribution in [-0.2, 0) is 25.8 Å². The Morgan fingerprint density at radius 1 is 0.357 bits per heavy atom. The van der Waals surface area contributed by atoms with Crippen LogP contribution in [0.3, 0.4) is 0 Å². The van der Waals surface area contributed by atoms with Gasteiger partial charge in [0.15, 0.2) is 0 Å². The van der Waals surface area contributed by atoms with E-state index in [9.17, 15) is 0 Å². The molecule has 0 bridgehead atoms. The molecule has 0 aromatic heterocycles. The fraction of sp³-hybridized carbons (Fsp3) is 0.185. The molecule has 0 atom stereocenters. The summed E-state index contributed by atoms with van der Waals surface area (Å²) < 4.78 is 0. The van der Waals surface area contributed by atoms with E-state index in [0.717, 1.165) is 0 Å². The number of benzene rings is 6. The van der Waals surface area contributed by atoms with Crippen LogP contribution in [0.4, 0.5) is 0 Å². The van der Waals surface area contributed by atoms with Gasteiger partial charge in [-0.3, -0.25) is 0 Å². The normalized spacial score (nSPS) is 14.7. The minimum atomic E-state index is -2.52. The van der Waals surface area contributed by atoms with Gasteiger partial charge in [-0.1, -0.05) is 219 Å². The average molecular weight is 908 g/mol. The van der Waals surface area contributed by atoms with Crippen LogP contribution >= 0.6 is 0 Å². The summed E-state index contributed by atoms with van der Waals surface area (Å²) in [7, 11) is -2.52. The fourth-order valence-corrected chi connectivity index (χ4v) is 18.6. The second kappa shape index (κ2) is 17.0. The molecule has 2 aliphatic rings. The van der Waals surface area contributed by atoms with Gasteiger partial charge in [0.05, 0.1) is 0 Å². The monoisotopic (exact) mass is 908 g/mol. The molecular weight excluding hydrogens is 855 g/mol. The van der Waals surface area contributed by atoms with Gasteiger partial charge in [-0.05, 0) is 22.3 Å². The van der Waals surface area contributed by atoms with Crippen molar-refractivity contribution in [1.82, 2.24) is 0 Å². The first kappa shape index (κ1) is 39.8. The second-order valence-corrected chi connectivity index (χ2v) is 20.1. The van der Waals surface area contributed by atoms with Gasteiger partial charge in [0.2, 0.25) is 0 Å². The van der Waals surface area contributed by atoms with Crippen LogP contribution in [0.5, 0.6) is 0 Å². The van der Waals surface area contributed by atoms with E-state index in [4.69, 9.17) is 0 Å². The Kier molecular flexibility index (Phi) is 12.1. The van der Waals surface area contributed by atoms with E-state index in [1.165, 1.54) is 117 Å². The first-order chi connectivity index (χ1) is 26.3.